The van der Waals surface area contributed by atoms with E-state index in [2.05, 4.69) is 64.8 Å². The molecular formula is C24H30ClN3O. The number of nitrogens with zero attached hydrogens (tertiary/aromatic N) is 3. The Morgan fingerprint density at radius 2 is 1.86 bits per heavy atom. The molecule has 1 heterocycles. The molecule has 0 aliphatic rings. The Hall–Kier alpha value is -2.46. The Labute approximate surface area is 179 Å². The molecule has 2 aromatic carbocycles. The molecule has 3 aromatic rings. The molecule has 0 N–H and O–H groups in total. The van der Waals surface area contributed by atoms with E-state index in [0.717, 1.165) is 36.7 Å². The molecule has 0 aliphatic heterocycles. The molecule has 154 valence electrons. The van der Waals surface area contributed by atoms with Crippen LogP contribution < -0.4 is 9.64 Å². The molecule has 4 nitrogen and oxygen atoms in total. The smallest absolute Gasteiger partial charge is 0.119 e. The summed E-state index contributed by atoms with van der Waals surface area (Å²) in [7, 11) is 2.14. The highest BCUT2D eigenvalue weighted by Gasteiger charge is 2.13. The van der Waals surface area contributed by atoms with Gasteiger partial charge in [0.1, 0.15) is 11.9 Å². The van der Waals surface area contributed by atoms with Crippen molar-refractivity contribution < 1.29 is 4.74 Å². The number of ether oxygens (including phenoxy) is 1. The van der Waals surface area contributed by atoms with E-state index in [1.54, 1.807) is 6.20 Å². The van der Waals surface area contributed by atoms with Crippen molar-refractivity contribution in [2.45, 2.75) is 45.3 Å². The topological polar surface area (TPSA) is 30.3 Å². The first kappa shape index (κ1) is 21.3. The number of hydrogen-bond donors (Lipinski definition) is 0. The van der Waals surface area contributed by atoms with Gasteiger partial charge in [0.15, 0.2) is 0 Å². The highest BCUT2D eigenvalue weighted by atomic mass is 35.5. The van der Waals surface area contributed by atoms with Gasteiger partial charge >= 0.3 is 0 Å². The molecular weight excluding hydrogens is 382 g/mol. The summed E-state index contributed by atoms with van der Waals surface area (Å²) in [6, 6.07) is 16.5. The summed E-state index contributed by atoms with van der Waals surface area (Å²) in [6.45, 7) is 4.06. The van der Waals surface area contributed by atoms with Crippen molar-refractivity contribution in [3.8, 4) is 5.75 Å². The molecule has 0 radical (unpaired) electrons. The fourth-order valence-corrected chi connectivity index (χ4v) is 3.42. The Morgan fingerprint density at radius 1 is 1.10 bits per heavy atom. The van der Waals surface area contributed by atoms with Crippen molar-refractivity contribution in [1.82, 2.24) is 9.55 Å². The van der Waals surface area contributed by atoms with Crippen LogP contribution in [0.5, 0.6) is 5.75 Å². The van der Waals surface area contributed by atoms with Crippen LogP contribution in [0.25, 0.3) is 0 Å². The number of rotatable bonds is 11. The van der Waals surface area contributed by atoms with E-state index in [4.69, 9.17) is 16.3 Å². The lowest BCUT2D eigenvalue weighted by molar-refractivity contribution is 0.170. The maximum atomic E-state index is 6.36. The van der Waals surface area contributed by atoms with Gasteiger partial charge in [0.05, 0.1) is 12.9 Å². The summed E-state index contributed by atoms with van der Waals surface area (Å²) in [6.07, 6.45) is 9.93. The van der Waals surface area contributed by atoms with Crippen LogP contribution in [0.3, 0.4) is 0 Å². The van der Waals surface area contributed by atoms with Gasteiger partial charge in [0.2, 0.25) is 0 Å². The molecule has 3 rings (SSSR count). The fraction of sp³-hybridized carbons (Fsp3) is 0.375. The highest BCUT2D eigenvalue weighted by molar-refractivity contribution is 6.30. The molecule has 1 atom stereocenters. The number of imidazole rings is 1. The lowest BCUT2D eigenvalue weighted by Crippen LogP contribution is -2.23. The normalized spacial score (nSPS) is 12.0. The van der Waals surface area contributed by atoms with Crippen molar-refractivity contribution in [1.29, 1.82) is 0 Å². The van der Waals surface area contributed by atoms with E-state index in [9.17, 15) is 0 Å². The quantitative estimate of drug-likeness (QED) is 0.396. The van der Waals surface area contributed by atoms with Crippen molar-refractivity contribution in [3.05, 3.63) is 77.8 Å². The molecule has 5 heteroatoms. The van der Waals surface area contributed by atoms with Gasteiger partial charge in [0, 0.05) is 36.7 Å². The molecule has 1 aromatic heterocycles. The molecule has 1 unspecified atom stereocenters. The Bertz CT molecular complexity index is 832. The zero-order valence-electron chi connectivity index (χ0n) is 17.3. The third kappa shape index (κ3) is 6.82. The second kappa shape index (κ2) is 10.9. The van der Waals surface area contributed by atoms with Gasteiger partial charge in [-0.3, -0.25) is 0 Å². The van der Waals surface area contributed by atoms with E-state index >= 15 is 0 Å². The number of aromatic nitrogens is 2. The van der Waals surface area contributed by atoms with Crippen LogP contribution in [0.4, 0.5) is 5.69 Å². The molecule has 0 bridgehead atoms. The number of unbranched alkanes of at least 4 members (excludes halogenated alkanes) is 1. The standard InChI is InChI=1S/C24H30ClN3O/c1-3-4-16-27(2)22-10-13-23(14-11-22)29-24(18-28-17-15-26-19-28)12-7-20-5-8-21(25)9-6-20/h5-6,8-11,13-15,17,19,24H,3-4,7,12,16,18H2,1-2H3. The van der Waals surface area contributed by atoms with E-state index in [0.29, 0.717) is 0 Å². The van der Waals surface area contributed by atoms with Gasteiger partial charge in [-0.15, -0.1) is 0 Å². The predicted octanol–water partition coefficient (Wildman–Crippen LogP) is 5.85. The highest BCUT2D eigenvalue weighted by Crippen LogP contribution is 2.22. The number of benzene rings is 2. The second-order valence-electron chi connectivity index (χ2n) is 7.43. The minimum Gasteiger partial charge on any atom is -0.489 e. The van der Waals surface area contributed by atoms with Gasteiger partial charge in [0.25, 0.3) is 0 Å². The molecule has 0 amide bonds. The first-order chi connectivity index (χ1) is 14.1. The molecule has 0 saturated carbocycles. The third-order valence-corrected chi connectivity index (χ3v) is 5.32. The van der Waals surface area contributed by atoms with Gasteiger partial charge in [-0.25, -0.2) is 4.98 Å². The van der Waals surface area contributed by atoms with Crippen LogP contribution in [0.1, 0.15) is 31.7 Å². The van der Waals surface area contributed by atoms with E-state index in [1.807, 2.05) is 24.7 Å². The Kier molecular flexibility index (Phi) is 8.00. The van der Waals surface area contributed by atoms with Gasteiger partial charge in [-0.05, 0) is 61.2 Å². The van der Waals surface area contributed by atoms with Crippen LogP contribution in [0.2, 0.25) is 5.02 Å². The van der Waals surface area contributed by atoms with Crippen LogP contribution in [0.15, 0.2) is 67.3 Å². The summed E-state index contributed by atoms with van der Waals surface area (Å²) >= 11 is 6.00. The number of aryl methyl sites for hydroxylation is 1. The summed E-state index contributed by atoms with van der Waals surface area (Å²) in [4.78, 5) is 6.44. The van der Waals surface area contributed by atoms with E-state index in [1.165, 1.54) is 24.1 Å². The molecule has 0 fully saturated rings. The van der Waals surface area contributed by atoms with Gasteiger partial charge in [-0.1, -0.05) is 37.1 Å². The molecule has 0 spiro atoms. The maximum Gasteiger partial charge on any atom is 0.119 e. The van der Waals surface area contributed by atoms with Gasteiger partial charge in [-0.2, -0.15) is 0 Å². The molecule has 29 heavy (non-hydrogen) atoms. The van der Waals surface area contributed by atoms with Crippen molar-refractivity contribution in [3.63, 3.8) is 0 Å². The van der Waals surface area contributed by atoms with E-state index in [-0.39, 0.29) is 6.10 Å². The second-order valence-corrected chi connectivity index (χ2v) is 7.87. The Morgan fingerprint density at radius 3 is 2.52 bits per heavy atom. The summed E-state index contributed by atoms with van der Waals surface area (Å²) in [5.41, 5.74) is 2.49. The van der Waals surface area contributed by atoms with Crippen molar-refractivity contribution in [2.24, 2.45) is 0 Å². The number of hydrogen-bond acceptors (Lipinski definition) is 3. The summed E-state index contributed by atoms with van der Waals surface area (Å²) < 4.78 is 8.42. The molecule has 0 saturated heterocycles. The maximum absolute atomic E-state index is 6.36. The zero-order valence-corrected chi connectivity index (χ0v) is 18.1. The lowest BCUT2D eigenvalue weighted by atomic mass is 10.1. The summed E-state index contributed by atoms with van der Waals surface area (Å²) in [5.74, 6) is 0.902. The van der Waals surface area contributed by atoms with Gasteiger partial charge < -0.3 is 14.2 Å². The average Bonchev–Trinajstić information content (AvgIpc) is 3.25. The minimum atomic E-state index is 0.0588. The molecule has 0 aliphatic carbocycles. The third-order valence-electron chi connectivity index (χ3n) is 5.07. The number of anilines is 1. The van der Waals surface area contributed by atoms with Crippen LogP contribution in [-0.2, 0) is 13.0 Å². The lowest BCUT2D eigenvalue weighted by Gasteiger charge is -2.22. The number of halogens is 1. The van der Waals surface area contributed by atoms with Crippen molar-refractivity contribution in [2.75, 3.05) is 18.5 Å². The predicted molar refractivity (Wildman–Crippen MR) is 121 cm³/mol. The SMILES string of the molecule is CCCCN(C)c1ccc(OC(CCc2ccc(Cl)cc2)Cn2ccnc2)cc1. The van der Waals surface area contributed by atoms with Crippen LogP contribution in [0, 0.1) is 0 Å². The van der Waals surface area contributed by atoms with E-state index < -0.39 is 0 Å². The monoisotopic (exact) mass is 411 g/mol. The minimum absolute atomic E-state index is 0.0588. The van der Waals surface area contributed by atoms with Crippen molar-refractivity contribution >= 4 is 17.3 Å². The summed E-state index contributed by atoms with van der Waals surface area (Å²) in [5, 5.41) is 0.768. The Balaban J connectivity index is 1.63. The zero-order chi connectivity index (χ0) is 20.5. The van der Waals surface area contributed by atoms with Crippen LogP contribution in [-0.4, -0.2) is 29.2 Å². The van der Waals surface area contributed by atoms with Crippen LogP contribution >= 0.6 is 11.6 Å². The fourth-order valence-electron chi connectivity index (χ4n) is 3.29. The first-order valence-electron chi connectivity index (χ1n) is 10.3. The first-order valence-corrected chi connectivity index (χ1v) is 10.7. The largest absolute Gasteiger partial charge is 0.489 e. The average molecular weight is 412 g/mol.